The summed E-state index contributed by atoms with van der Waals surface area (Å²) in [6.07, 6.45) is 0.685. The molecule has 1 aliphatic rings. The van der Waals surface area contributed by atoms with Gasteiger partial charge >= 0.3 is 0 Å². The third-order valence-electron chi connectivity index (χ3n) is 4.26. The molecule has 0 aromatic heterocycles. The zero-order valence-electron chi connectivity index (χ0n) is 13.9. The van der Waals surface area contributed by atoms with Crippen molar-refractivity contribution in [2.75, 3.05) is 20.3 Å². The van der Waals surface area contributed by atoms with Crippen LogP contribution in [0.1, 0.15) is 23.5 Å². The second-order valence-corrected chi connectivity index (χ2v) is 5.91. The minimum Gasteiger partial charge on any atom is -0.490 e. The standard InChI is InChI=1S/C19H19F2NO3/c1-24-18-15(20)10-14(13-9-16(23)22-11-13)17(21)19(18)25-8-7-12-5-3-2-4-6-12/h2-6,10,13H,7-9,11H2,1H3,(H,22,23). The molecule has 1 unspecified atom stereocenters. The number of amides is 1. The number of nitrogens with one attached hydrogen (secondary N) is 1. The Morgan fingerprint density at radius 1 is 1.20 bits per heavy atom. The van der Waals surface area contributed by atoms with E-state index in [4.69, 9.17) is 9.47 Å². The predicted octanol–water partition coefficient (Wildman–Crippen LogP) is 3.20. The lowest BCUT2D eigenvalue weighted by atomic mass is 9.97. The molecule has 2 aromatic carbocycles. The molecule has 1 fully saturated rings. The number of halogens is 2. The summed E-state index contributed by atoms with van der Waals surface area (Å²) < 4.78 is 39.7. The molecular formula is C19H19F2NO3. The summed E-state index contributed by atoms with van der Waals surface area (Å²) in [5, 5.41) is 2.63. The fraction of sp³-hybridized carbons (Fsp3) is 0.316. The lowest BCUT2D eigenvalue weighted by Gasteiger charge is -2.17. The molecule has 0 bridgehead atoms. The van der Waals surface area contributed by atoms with Crippen LogP contribution in [0.5, 0.6) is 11.5 Å². The Labute approximate surface area is 144 Å². The fourth-order valence-corrected chi connectivity index (χ4v) is 2.96. The van der Waals surface area contributed by atoms with Gasteiger partial charge in [-0.05, 0) is 11.6 Å². The highest BCUT2D eigenvalue weighted by molar-refractivity contribution is 5.79. The number of ether oxygens (including phenoxy) is 2. The number of benzene rings is 2. The molecule has 0 radical (unpaired) electrons. The van der Waals surface area contributed by atoms with E-state index in [1.807, 2.05) is 30.3 Å². The summed E-state index contributed by atoms with van der Waals surface area (Å²) in [6.45, 7) is 0.465. The highest BCUT2D eigenvalue weighted by Crippen LogP contribution is 2.39. The van der Waals surface area contributed by atoms with Crippen LogP contribution in [0.2, 0.25) is 0 Å². The van der Waals surface area contributed by atoms with Gasteiger partial charge in [-0.15, -0.1) is 0 Å². The minimum absolute atomic E-state index is 0.131. The van der Waals surface area contributed by atoms with E-state index in [0.717, 1.165) is 11.6 Å². The van der Waals surface area contributed by atoms with Gasteiger partial charge < -0.3 is 14.8 Å². The van der Waals surface area contributed by atoms with Crippen LogP contribution in [0.3, 0.4) is 0 Å². The number of methoxy groups -OCH3 is 1. The highest BCUT2D eigenvalue weighted by atomic mass is 19.1. The van der Waals surface area contributed by atoms with Gasteiger partial charge in [-0.2, -0.15) is 0 Å². The zero-order valence-corrected chi connectivity index (χ0v) is 13.9. The number of carbonyl (C=O) groups excluding carboxylic acids is 1. The lowest BCUT2D eigenvalue weighted by Crippen LogP contribution is -2.14. The Kier molecular flexibility index (Phi) is 5.16. The molecule has 25 heavy (non-hydrogen) atoms. The Balaban J connectivity index is 1.83. The Morgan fingerprint density at radius 3 is 2.60 bits per heavy atom. The first-order valence-electron chi connectivity index (χ1n) is 8.09. The van der Waals surface area contributed by atoms with E-state index in [1.54, 1.807) is 0 Å². The molecule has 0 saturated carbocycles. The van der Waals surface area contributed by atoms with Crippen molar-refractivity contribution in [2.24, 2.45) is 0 Å². The molecule has 0 aliphatic carbocycles. The summed E-state index contributed by atoms with van der Waals surface area (Å²) in [4.78, 5) is 11.4. The van der Waals surface area contributed by atoms with Crippen molar-refractivity contribution in [3.63, 3.8) is 0 Å². The molecule has 132 valence electrons. The van der Waals surface area contributed by atoms with E-state index in [-0.39, 0.29) is 42.5 Å². The smallest absolute Gasteiger partial charge is 0.220 e. The Hall–Kier alpha value is -2.63. The van der Waals surface area contributed by atoms with Crippen LogP contribution in [0.4, 0.5) is 8.78 Å². The molecule has 1 aliphatic heterocycles. The first-order valence-corrected chi connectivity index (χ1v) is 8.09. The molecule has 1 amide bonds. The topological polar surface area (TPSA) is 47.6 Å². The average Bonchev–Trinajstić information content (AvgIpc) is 3.05. The number of hydrogen-bond acceptors (Lipinski definition) is 3. The van der Waals surface area contributed by atoms with Gasteiger partial charge in [0, 0.05) is 30.9 Å². The Morgan fingerprint density at radius 2 is 1.96 bits per heavy atom. The fourth-order valence-electron chi connectivity index (χ4n) is 2.96. The van der Waals surface area contributed by atoms with Crippen LogP contribution < -0.4 is 14.8 Å². The van der Waals surface area contributed by atoms with Gasteiger partial charge in [0.2, 0.25) is 11.7 Å². The summed E-state index contributed by atoms with van der Waals surface area (Å²) in [6, 6.07) is 10.7. The SMILES string of the molecule is COc1c(F)cc(C2CNC(=O)C2)c(F)c1OCCc1ccccc1. The summed E-state index contributed by atoms with van der Waals surface area (Å²) in [7, 11) is 1.27. The van der Waals surface area contributed by atoms with Gasteiger partial charge in [0.15, 0.2) is 17.4 Å². The molecular weight excluding hydrogens is 328 g/mol. The molecule has 0 spiro atoms. The van der Waals surface area contributed by atoms with Crippen molar-refractivity contribution in [1.29, 1.82) is 0 Å². The van der Waals surface area contributed by atoms with Crippen LogP contribution in [0.25, 0.3) is 0 Å². The van der Waals surface area contributed by atoms with Crippen molar-refractivity contribution in [3.8, 4) is 11.5 Å². The van der Waals surface area contributed by atoms with E-state index in [2.05, 4.69) is 5.32 Å². The monoisotopic (exact) mass is 347 g/mol. The molecule has 3 rings (SSSR count). The number of carbonyl (C=O) groups is 1. The third kappa shape index (κ3) is 3.73. The second kappa shape index (κ2) is 7.51. The molecule has 6 heteroatoms. The summed E-state index contributed by atoms with van der Waals surface area (Å²) in [5.41, 5.74) is 1.16. The van der Waals surface area contributed by atoms with Crippen LogP contribution in [-0.4, -0.2) is 26.2 Å². The van der Waals surface area contributed by atoms with Gasteiger partial charge in [-0.1, -0.05) is 30.3 Å². The van der Waals surface area contributed by atoms with E-state index >= 15 is 0 Å². The predicted molar refractivity (Wildman–Crippen MR) is 88.9 cm³/mol. The maximum absolute atomic E-state index is 14.9. The molecule has 1 heterocycles. The van der Waals surface area contributed by atoms with E-state index in [0.29, 0.717) is 6.42 Å². The molecule has 1 saturated heterocycles. The van der Waals surface area contributed by atoms with Crippen molar-refractivity contribution in [2.45, 2.75) is 18.8 Å². The van der Waals surface area contributed by atoms with E-state index < -0.39 is 17.6 Å². The van der Waals surface area contributed by atoms with Crippen molar-refractivity contribution >= 4 is 5.91 Å². The quantitative estimate of drug-likeness (QED) is 0.873. The Bertz CT molecular complexity index is 765. The summed E-state index contributed by atoms with van der Waals surface area (Å²) >= 11 is 0. The van der Waals surface area contributed by atoms with Crippen molar-refractivity contribution < 1.29 is 23.0 Å². The van der Waals surface area contributed by atoms with Gasteiger partial charge in [-0.3, -0.25) is 4.79 Å². The highest BCUT2D eigenvalue weighted by Gasteiger charge is 2.30. The number of rotatable bonds is 6. The van der Waals surface area contributed by atoms with Crippen molar-refractivity contribution in [3.05, 3.63) is 59.2 Å². The minimum atomic E-state index is -0.701. The third-order valence-corrected chi connectivity index (χ3v) is 4.26. The maximum atomic E-state index is 14.9. The second-order valence-electron chi connectivity index (χ2n) is 5.91. The van der Waals surface area contributed by atoms with Crippen LogP contribution in [0.15, 0.2) is 36.4 Å². The maximum Gasteiger partial charge on any atom is 0.220 e. The zero-order chi connectivity index (χ0) is 17.8. The molecule has 4 nitrogen and oxygen atoms in total. The lowest BCUT2D eigenvalue weighted by molar-refractivity contribution is -0.119. The van der Waals surface area contributed by atoms with Gasteiger partial charge in [0.1, 0.15) is 0 Å². The summed E-state index contributed by atoms with van der Waals surface area (Å²) in [5.74, 6) is -2.46. The molecule has 2 aromatic rings. The van der Waals surface area contributed by atoms with Crippen LogP contribution in [-0.2, 0) is 11.2 Å². The van der Waals surface area contributed by atoms with Crippen molar-refractivity contribution in [1.82, 2.24) is 5.32 Å². The van der Waals surface area contributed by atoms with Gasteiger partial charge in [0.05, 0.1) is 13.7 Å². The first kappa shape index (κ1) is 17.2. The van der Waals surface area contributed by atoms with E-state index in [1.165, 1.54) is 7.11 Å². The molecule has 1 N–H and O–H groups in total. The van der Waals surface area contributed by atoms with Gasteiger partial charge in [-0.25, -0.2) is 8.78 Å². The van der Waals surface area contributed by atoms with E-state index in [9.17, 15) is 13.6 Å². The van der Waals surface area contributed by atoms with Crippen LogP contribution >= 0.6 is 0 Å². The normalized spacial score (nSPS) is 16.6. The largest absolute Gasteiger partial charge is 0.490 e. The average molecular weight is 347 g/mol. The van der Waals surface area contributed by atoms with Crippen LogP contribution in [0, 0.1) is 11.6 Å². The molecule has 1 atom stereocenters. The van der Waals surface area contributed by atoms with Gasteiger partial charge in [0.25, 0.3) is 0 Å². The number of hydrogen-bond donors (Lipinski definition) is 1. The first-order chi connectivity index (χ1) is 12.1.